The molecular weight excluding hydrogens is 450 g/mol. The molecule has 36 heavy (non-hydrogen) atoms. The molecular formula is C30H33N3O3. The molecule has 2 heterocycles. The van der Waals surface area contributed by atoms with Gasteiger partial charge in [-0.15, -0.1) is 0 Å². The molecule has 0 saturated heterocycles. The minimum absolute atomic E-state index is 0.0202. The number of para-hydroxylation sites is 1. The molecule has 6 heteroatoms. The minimum atomic E-state index is -0.0202. The lowest BCUT2D eigenvalue weighted by atomic mass is 10.1. The molecule has 6 nitrogen and oxygen atoms in total. The Labute approximate surface area is 212 Å². The van der Waals surface area contributed by atoms with Crippen molar-refractivity contribution in [3.8, 4) is 5.75 Å². The quantitative estimate of drug-likeness (QED) is 0.403. The number of nitrogens with one attached hydrogen (secondary N) is 1. The average molecular weight is 484 g/mol. The van der Waals surface area contributed by atoms with Crippen LogP contribution in [0.5, 0.6) is 5.75 Å². The predicted octanol–water partition coefficient (Wildman–Crippen LogP) is 5.71. The normalized spacial score (nSPS) is 15.1. The van der Waals surface area contributed by atoms with Crippen molar-refractivity contribution in [2.75, 3.05) is 38.6 Å². The van der Waals surface area contributed by atoms with Crippen molar-refractivity contribution < 1.29 is 13.9 Å². The van der Waals surface area contributed by atoms with Crippen LogP contribution in [-0.4, -0.2) is 49.0 Å². The summed E-state index contributed by atoms with van der Waals surface area (Å²) in [7, 11) is 1.63. The third-order valence-corrected chi connectivity index (χ3v) is 6.85. The molecule has 1 N–H and O–H groups in total. The van der Waals surface area contributed by atoms with Crippen molar-refractivity contribution in [2.24, 2.45) is 0 Å². The van der Waals surface area contributed by atoms with E-state index in [4.69, 9.17) is 9.15 Å². The molecule has 0 fully saturated rings. The Morgan fingerprint density at radius 3 is 2.64 bits per heavy atom. The van der Waals surface area contributed by atoms with Gasteiger partial charge in [-0.05, 0) is 48.7 Å². The highest BCUT2D eigenvalue weighted by atomic mass is 16.5. The van der Waals surface area contributed by atoms with E-state index in [0.29, 0.717) is 35.7 Å². The second-order valence-corrected chi connectivity index (χ2v) is 9.32. The van der Waals surface area contributed by atoms with Crippen LogP contribution < -0.4 is 10.1 Å². The minimum Gasteiger partial charge on any atom is -0.497 e. The number of methoxy groups -OCH3 is 1. The van der Waals surface area contributed by atoms with E-state index >= 15 is 0 Å². The molecule has 1 aliphatic heterocycles. The summed E-state index contributed by atoms with van der Waals surface area (Å²) in [6, 6.07) is 24.4. The summed E-state index contributed by atoms with van der Waals surface area (Å²) < 4.78 is 11.4. The summed E-state index contributed by atoms with van der Waals surface area (Å²) in [5, 5.41) is 4.39. The summed E-state index contributed by atoms with van der Waals surface area (Å²) >= 11 is 0. The van der Waals surface area contributed by atoms with Gasteiger partial charge in [-0.25, -0.2) is 0 Å². The SMILES string of the molecule is COc1ccc2oc(C)c(C(=O)N3CCN(Cc4ccccc4)CCCNc4ccccc4C3)c2c1. The van der Waals surface area contributed by atoms with Crippen molar-refractivity contribution in [3.63, 3.8) is 0 Å². The highest BCUT2D eigenvalue weighted by Gasteiger charge is 2.25. The first kappa shape index (κ1) is 23.9. The molecule has 0 aliphatic carbocycles. The highest BCUT2D eigenvalue weighted by molar-refractivity contribution is 6.07. The fraction of sp³-hybridized carbons (Fsp3) is 0.300. The van der Waals surface area contributed by atoms with Gasteiger partial charge in [0.05, 0.1) is 12.7 Å². The lowest BCUT2D eigenvalue weighted by molar-refractivity contribution is 0.0720. The van der Waals surface area contributed by atoms with Gasteiger partial charge in [-0.2, -0.15) is 0 Å². The van der Waals surface area contributed by atoms with Crippen LogP contribution in [0.1, 0.15) is 33.7 Å². The van der Waals surface area contributed by atoms with Gasteiger partial charge in [0.25, 0.3) is 5.91 Å². The van der Waals surface area contributed by atoms with Crippen LogP contribution in [0.3, 0.4) is 0 Å². The van der Waals surface area contributed by atoms with Crippen molar-refractivity contribution in [1.82, 2.24) is 9.80 Å². The average Bonchev–Trinajstić information content (AvgIpc) is 3.22. The summed E-state index contributed by atoms with van der Waals surface area (Å²) in [6.07, 6.45) is 1.03. The zero-order valence-electron chi connectivity index (χ0n) is 21.0. The number of ether oxygens (including phenoxy) is 1. The molecule has 1 amide bonds. The molecule has 3 aromatic carbocycles. The van der Waals surface area contributed by atoms with Crippen LogP contribution in [-0.2, 0) is 13.1 Å². The monoisotopic (exact) mass is 483 g/mol. The number of benzene rings is 3. The second-order valence-electron chi connectivity index (χ2n) is 9.32. The highest BCUT2D eigenvalue weighted by Crippen LogP contribution is 2.31. The maximum absolute atomic E-state index is 14.1. The van der Waals surface area contributed by atoms with Crippen LogP contribution in [0.4, 0.5) is 5.69 Å². The van der Waals surface area contributed by atoms with Gasteiger partial charge in [0.15, 0.2) is 0 Å². The van der Waals surface area contributed by atoms with Crippen LogP contribution in [0.2, 0.25) is 0 Å². The Bertz CT molecular complexity index is 1330. The number of aryl methyl sites for hydroxylation is 1. The first-order valence-electron chi connectivity index (χ1n) is 12.6. The van der Waals surface area contributed by atoms with Crippen LogP contribution in [0, 0.1) is 6.92 Å². The maximum atomic E-state index is 14.1. The number of anilines is 1. The summed E-state index contributed by atoms with van der Waals surface area (Å²) in [6.45, 7) is 6.51. The summed E-state index contributed by atoms with van der Waals surface area (Å²) in [5.74, 6) is 1.32. The third-order valence-electron chi connectivity index (χ3n) is 6.85. The molecule has 0 radical (unpaired) electrons. The number of rotatable bonds is 4. The Morgan fingerprint density at radius 2 is 1.81 bits per heavy atom. The van der Waals surface area contributed by atoms with E-state index in [0.717, 1.165) is 49.2 Å². The molecule has 0 atom stereocenters. The molecule has 1 aliphatic rings. The topological polar surface area (TPSA) is 58.0 Å². The first-order valence-corrected chi connectivity index (χ1v) is 12.6. The van der Waals surface area contributed by atoms with E-state index in [2.05, 4.69) is 46.6 Å². The molecule has 5 rings (SSSR count). The number of hydrogen-bond donors (Lipinski definition) is 1. The second kappa shape index (κ2) is 10.9. The fourth-order valence-electron chi connectivity index (χ4n) is 4.94. The van der Waals surface area contributed by atoms with Gasteiger partial charge in [0.1, 0.15) is 17.1 Å². The molecule has 0 spiro atoms. The van der Waals surface area contributed by atoms with E-state index in [1.165, 1.54) is 5.56 Å². The number of amides is 1. The van der Waals surface area contributed by atoms with Gasteiger partial charge in [-0.3, -0.25) is 9.69 Å². The van der Waals surface area contributed by atoms with Crippen molar-refractivity contribution >= 4 is 22.6 Å². The van der Waals surface area contributed by atoms with Crippen LogP contribution in [0.25, 0.3) is 11.0 Å². The van der Waals surface area contributed by atoms with Gasteiger partial charge in [0.2, 0.25) is 0 Å². The van der Waals surface area contributed by atoms with Crippen molar-refractivity contribution in [1.29, 1.82) is 0 Å². The standard InChI is InChI=1S/C30H33N3O3/c1-22-29(26-19-25(35-2)13-14-28(26)36-22)30(34)33-18-17-32(20-23-9-4-3-5-10-23)16-8-15-31-27-12-7-6-11-24(27)21-33/h3-7,9-14,19,31H,8,15-18,20-21H2,1-2H3. The molecule has 186 valence electrons. The maximum Gasteiger partial charge on any atom is 0.258 e. The van der Waals surface area contributed by atoms with E-state index in [1.54, 1.807) is 7.11 Å². The van der Waals surface area contributed by atoms with Crippen LogP contribution in [0.15, 0.2) is 77.2 Å². The van der Waals surface area contributed by atoms with E-state index in [1.807, 2.05) is 48.2 Å². The Hall–Kier alpha value is -3.77. The number of nitrogens with zero attached hydrogens (tertiary/aromatic N) is 2. The zero-order valence-corrected chi connectivity index (χ0v) is 21.0. The Morgan fingerprint density at radius 1 is 1.00 bits per heavy atom. The number of furan rings is 1. The van der Waals surface area contributed by atoms with Crippen molar-refractivity contribution in [2.45, 2.75) is 26.4 Å². The van der Waals surface area contributed by atoms with E-state index in [9.17, 15) is 4.79 Å². The fourth-order valence-corrected chi connectivity index (χ4v) is 4.94. The summed E-state index contributed by atoms with van der Waals surface area (Å²) in [5.41, 5.74) is 4.79. The lowest BCUT2D eigenvalue weighted by Gasteiger charge is -2.28. The Balaban J connectivity index is 1.48. The first-order chi connectivity index (χ1) is 17.6. The van der Waals surface area contributed by atoms with E-state index < -0.39 is 0 Å². The zero-order chi connectivity index (χ0) is 24.9. The third kappa shape index (κ3) is 5.24. The molecule has 4 aromatic rings. The number of hydrogen-bond acceptors (Lipinski definition) is 5. The van der Waals surface area contributed by atoms with Gasteiger partial charge < -0.3 is 19.4 Å². The molecule has 1 aromatic heterocycles. The largest absolute Gasteiger partial charge is 0.497 e. The molecule has 0 saturated carbocycles. The smallest absolute Gasteiger partial charge is 0.258 e. The van der Waals surface area contributed by atoms with Crippen molar-refractivity contribution in [3.05, 3.63) is 95.2 Å². The number of carbonyl (C=O) groups excluding carboxylic acids is 1. The summed E-state index contributed by atoms with van der Waals surface area (Å²) in [4.78, 5) is 18.5. The molecule has 0 unspecified atom stereocenters. The van der Waals surface area contributed by atoms with Gasteiger partial charge in [-0.1, -0.05) is 48.5 Å². The Kier molecular flexibility index (Phi) is 7.23. The number of fused-ring (bicyclic) bond motifs is 2. The lowest BCUT2D eigenvalue weighted by Crippen LogP contribution is -2.38. The molecule has 0 bridgehead atoms. The van der Waals surface area contributed by atoms with Gasteiger partial charge >= 0.3 is 0 Å². The van der Waals surface area contributed by atoms with E-state index in [-0.39, 0.29) is 5.91 Å². The predicted molar refractivity (Wildman–Crippen MR) is 144 cm³/mol. The van der Waals surface area contributed by atoms with Crippen LogP contribution >= 0.6 is 0 Å². The van der Waals surface area contributed by atoms with Gasteiger partial charge in [0, 0.05) is 50.3 Å². The number of carbonyl (C=O) groups is 1.